The summed E-state index contributed by atoms with van der Waals surface area (Å²) < 4.78 is 63.4. The van der Waals surface area contributed by atoms with Gasteiger partial charge in [-0.25, -0.2) is 13.3 Å². The molecule has 38 heavy (non-hydrogen) atoms. The summed E-state index contributed by atoms with van der Waals surface area (Å²) in [6.07, 6.45) is -8.84. The maximum Gasteiger partial charge on any atom is 0.459 e. The van der Waals surface area contributed by atoms with Crippen molar-refractivity contribution < 1.29 is 56.5 Å². The molecular weight excluding hydrogens is 533 g/mol. The number of amides is 1. The molecule has 3 rings (SSSR count). The van der Waals surface area contributed by atoms with Gasteiger partial charge in [0.15, 0.2) is 17.6 Å². The molecule has 0 aliphatic carbocycles. The van der Waals surface area contributed by atoms with Gasteiger partial charge in [-0.1, -0.05) is 18.2 Å². The number of allylic oxidation sites excluding steroid dienone is 1. The molecule has 6 atom stereocenters. The first kappa shape index (κ1) is 29.8. The summed E-state index contributed by atoms with van der Waals surface area (Å²) in [5.41, 5.74) is -2.97. The van der Waals surface area contributed by atoms with Crippen molar-refractivity contribution in [2.45, 2.75) is 69.8 Å². The minimum atomic E-state index is -4.64. The van der Waals surface area contributed by atoms with E-state index in [-0.39, 0.29) is 5.75 Å². The Morgan fingerprint density at radius 3 is 2.47 bits per heavy atom. The van der Waals surface area contributed by atoms with Crippen LogP contribution < -0.4 is 9.61 Å². The average Bonchev–Trinajstić information content (AvgIpc) is 3.09. The summed E-state index contributed by atoms with van der Waals surface area (Å²) in [6.45, 7) is 3.17. The molecular formula is C23H29F2N2O10P. The number of aliphatic hydroxyl groups is 2. The van der Waals surface area contributed by atoms with Crippen LogP contribution in [-0.4, -0.2) is 82.0 Å². The van der Waals surface area contributed by atoms with Crippen LogP contribution >= 0.6 is 7.75 Å². The van der Waals surface area contributed by atoms with Gasteiger partial charge in [-0.15, -0.1) is 0 Å². The maximum atomic E-state index is 14.4. The average molecular weight is 562 g/mol. The van der Waals surface area contributed by atoms with Gasteiger partial charge in [0.05, 0.1) is 19.1 Å². The molecule has 1 aromatic rings. The Hall–Kier alpha value is -2.74. The minimum absolute atomic E-state index is 0.00150. The number of nitrogens with one attached hydrogen (secondary N) is 1. The first-order chi connectivity index (χ1) is 17.8. The third-order valence-electron chi connectivity index (χ3n) is 5.62. The Kier molecular flexibility index (Phi) is 9.39. The van der Waals surface area contributed by atoms with Crippen LogP contribution in [0, 0.1) is 0 Å². The molecule has 2 heterocycles. The van der Waals surface area contributed by atoms with Gasteiger partial charge in [-0.3, -0.25) is 23.8 Å². The van der Waals surface area contributed by atoms with Crippen molar-refractivity contribution in [1.82, 2.24) is 9.99 Å². The normalized spacial score (nSPS) is 28.0. The van der Waals surface area contributed by atoms with Crippen molar-refractivity contribution in [1.29, 1.82) is 0 Å². The number of hydrogen-bond acceptors (Lipinski definition) is 10. The van der Waals surface area contributed by atoms with Gasteiger partial charge in [0, 0.05) is 6.20 Å². The Morgan fingerprint density at radius 1 is 1.24 bits per heavy atom. The van der Waals surface area contributed by atoms with E-state index < -0.39 is 81.0 Å². The van der Waals surface area contributed by atoms with E-state index in [4.69, 9.17) is 18.5 Å². The maximum absolute atomic E-state index is 14.4. The van der Waals surface area contributed by atoms with Crippen LogP contribution in [-0.2, 0) is 32.9 Å². The van der Waals surface area contributed by atoms with Gasteiger partial charge < -0.3 is 24.2 Å². The van der Waals surface area contributed by atoms with Crippen molar-refractivity contribution in [3.63, 3.8) is 0 Å². The van der Waals surface area contributed by atoms with Crippen LogP contribution in [0.25, 0.3) is 0 Å². The lowest BCUT2D eigenvalue weighted by molar-refractivity contribution is -0.200. The quantitative estimate of drug-likeness (QED) is 0.204. The van der Waals surface area contributed by atoms with Gasteiger partial charge in [0.2, 0.25) is 5.91 Å². The summed E-state index contributed by atoms with van der Waals surface area (Å²) in [5.74, 6) is -2.23. The van der Waals surface area contributed by atoms with Crippen molar-refractivity contribution in [3.8, 4) is 5.75 Å². The van der Waals surface area contributed by atoms with E-state index in [2.05, 4.69) is 5.09 Å². The summed E-state index contributed by atoms with van der Waals surface area (Å²) >= 11 is 0. The van der Waals surface area contributed by atoms with E-state index in [0.717, 1.165) is 12.3 Å². The molecule has 1 amide bonds. The molecule has 0 spiro atoms. The highest BCUT2D eigenvalue weighted by Crippen LogP contribution is 2.48. The zero-order valence-electron chi connectivity index (χ0n) is 20.7. The second kappa shape index (κ2) is 12.0. The third-order valence-corrected chi connectivity index (χ3v) is 7.24. The zero-order valence-corrected chi connectivity index (χ0v) is 21.6. The summed E-state index contributed by atoms with van der Waals surface area (Å²) in [7, 11) is -4.64. The summed E-state index contributed by atoms with van der Waals surface area (Å²) in [6, 6.07) is 6.22. The van der Waals surface area contributed by atoms with E-state index in [1.54, 1.807) is 19.9 Å². The number of carbonyl (C=O) groups is 3. The molecule has 0 aromatic heterocycles. The Morgan fingerprint density at radius 2 is 1.89 bits per heavy atom. The van der Waals surface area contributed by atoms with Crippen LogP contribution in [0.3, 0.4) is 0 Å². The van der Waals surface area contributed by atoms with Crippen LogP contribution in [0.1, 0.15) is 27.2 Å². The molecule has 2 aliphatic rings. The number of hydrogen-bond donors (Lipinski definition) is 3. The van der Waals surface area contributed by atoms with Crippen molar-refractivity contribution in [2.75, 3.05) is 6.61 Å². The smallest absolute Gasteiger partial charge is 0.459 e. The molecule has 12 nitrogen and oxygen atoms in total. The largest absolute Gasteiger partial charge is 0.462 e. The predicted molar refractivity (Wildman–Crippen MR) is 126 cm³/mol. The highest BCUT2D eigenvalue weighted by molar-refractivity contribution is 7.52. The molecule has 1 aromatic carbocycles. The molecule has 1 unspecified atom stereocenters. The highest BCUT2D eigenvalue weighted by atomic mass is 31.2. The zero-order chi connectivity index (χ0) is 28.3. The standard InChI is InChI=1S/C23H29F2N2O10P/c1-13(2)35-21(32)14(3)26-38(33,37-16-7-5-4-6-8-16)34-12-23(22(24)25)19(31)18(30)20(36-23)27-10-9-15(28)11-17(27)29/h4-10,13-14,18-20,22,30-31H,11-12H2,1-3H3,(H,26,33)/t14-,18-,19-,20+,23+,38?/m0/s1. The lowest BCUT2D eigenvalue weighted by Gasteiger charge is -2.33. The van der Waals surface area contributed by atoms with Gasteiger partial charge in [0.1, 0.15) is 24.0 Å². The number of esters is 1. The first-order valence-corrected chi connectivity index (χ1v) is 13.1. The number of rotatable bonds is 11. The van der Waals surface area contributed by atoms with E-state index in [0.29, 0.717) is 4.90 Å². The van der Waals surface area contributed by atoms with E-state index >= 15 is 0 Å². The van der Waals surface area contributed by atoms with Crippen molar-refractivity contribution in [3.05, 3.63) is 42.6 Å². The van der Waals surface area contributed by atoms with Gasteiger partial charge >= 0.3 is 13.7 Å². The van der Waals surface area contributed by atoms with Crippen LogP contribution in [0.4, 0.5) is 8.78 Å². The molecule has 0 saturated carbocycles. The number of benzene rings is 1. The molecule has 3 N–H and O–H groups in total. The predicted octanol–water partition coefficient (Wildman–Crippen LogP) is 1.52. The monoisotopic (exact) mass is 562 g/mol. The number of alkyl halides is 2. The lowest BCUT2D eigenvalue weighted by Crippen LogP contribution is -2.53. The fourth-order valence-corrected chi connectivity index (χ4v) is 5.22. The summed E-state index contributed by atoms with van der Waals surface area (Å²) in [5, 5.41) is 23.4. The molecule has 2 aliphatic heterocycles. The summed E-state index contributed by atoms with van der Waals surface area (Å²) in [4.78, 5) is 36.7. The van der Waals surface area contributed by atoms with Crippen LogP contribution in [0.5, 0.6) is 5.75 Å². The Labute approximate surface area is 217 Å². The molecule has 0 radical (unpaired) electrons. The number of ether oxygens (including phenoxy) is 2. The number of aliphatic hydroxyl groups excluding tert-OH is 2. The van der Waals surface area contributed by atoms with Crippen LogP contribution in [0.15, 0.2) is 42.6 Å². The highest BCUT2D eigenvalue weighted by Gasteiger charge is 2.62. The topological polar surface area (TPSA) is 161 Å². The van der Waals surface area contributed by atoms with Crippen molar-refractivity contribution in [2.24, 2.45) is 0 Å². The molecule has 1 fully saturated rings. The van der Waals surface area contributed by atoms with E-state index in [1.165, 1.54) is 31.2 Å². The Bertz CT molecular complexity index is 1100. The van der Waals surface area contributed by atoms with E-state index in [9.17, 15) is 37.9 Å². The second-order valence-electron chi connectivity index (χ2n) is 8.97. The molecule has 1 saturated heterocycles. The number of halogens is 2. The lowest BCUT2D eigenvalue weighted by atomic mass is 9.96. The Balaban J connectivity index is 1.87. The van der Waals surface area contributed by atoms with Crippen molar-refractivity contribution >= 4 is 25.4 Å². The fourth-order valence-electron chi connectivity index (χ4n) is 3.69. The molecule has 0 bridgehead atoms. The van der Waals surface area contributed by atoms with Gasteiger partial charge in [-0.05, 0) is 39.0 Å². The third kappa shape index (κ3) is 6.63. The minimum Gasteiger partial charge on any atom is -0.462 e. The van der Waals surface area contributed by atoms with E-state index in [1.807, 2.05) is 0 Å². The number of ketones is 1. The first-order valence-electron chi connectivity index (χ1n) is 11.6. The van der Waals surface area contributed by atoms with Gasteiger partial charge in [0.25, 0.3) is 6.43 Å². The number of carbonyl (C=O) groups excluding carboxylic acids is 3. The van der Waals surface area contributed by atoms with Gasteiger partial charge in [-0.2, -0.15) is 5.09 Å². The van der Waals surface area contributed by atoms with Crippen LogP contribution in [0.2, 0.25) is 0 Å². The fraction of sp³-hybridized carbons (Fsp3) is 0.522. The SMILES string of the molecule is CC(C)OC(=O)[C@H](C)NP(=O)(OC[C@@]1(C(F)F)O[C@@H](N2C=CC(=O)CC2=O)[C@@H](O)[C@@H]1O)Oc1ccccc1. The molecule has 210 valence electrons. The number of para-hydroxylation sites is 1. The molecule has 15 heteroatoms. The second-order valence-corrected chi connectivity index (χ2v) is 10.7. The number of nitrogens with zero attached hydrogens (tertiary/aromatic N) is 1.